The molecule has 74 valence electrons. The third kappa shape index (κ3) is 3.59. The molecular formula is C10H18N2O. The van der Waals surface area contributed by atoms with Crippen LogP contribution in [0.3, 0.4) is 0 Å². The summed E-state index contributed by atoms with van der Waals surface area (Å²) in [6.45, 7) is 7.10. The average molecular weight is 182 g/mol. The molecule has 1 atom stereocenters. The molecular weight excluding hydrogens is 164 g/mol. The van der Waals surface area contributed by atoms with Crippen LogP contribution in [0.25, 0.3) is 0 Å². The minimum absolute atomic E-state index is 0.557. The van der Waals surface area contributed by atoms with E-state index in [0.29, 0.717) is 6.04 Å². The second-order valence-electron chi connectivity index (χ2n) is 3.50. The fourth-order valence-electron chi connectivity index (χ4n) is 1.32. The summed E-state index contributed by atoms with van der Waals surface area (Å²) >= 11 is 0. The van der Waals surface area contributed by atoms with Gasteiger partial charge in [0.05, 0.1) is 5.69 Å². The predicted molar refractivity (Wildman–Crippen MR) is 52.4 cm³/mol. The minimum atomic E-state index is 0.557. The van der Waals surface area contributed by atoms with Crippen molar-refractivity contribution in [3.05, 3.63) is 17.5 Å². The van der Waals surface area contributed by atoms with Crippen molar-refractivity contribution < 1.29 is 4.52 Å². The number of aryl methyl sites for hydroxylation is 1. The minimum Gasteiger partial charge on any atom is -0.361 e. The van der Waals surface area contributed by atoms with Gasteiger partial charge in [0.1, 0.15) is 5.76 Å². The van der Waals surface area contributed by atoms with Gasteiger partial charge in [-0.3, -0.25) is 0 Å². The van der Waals surface area contributed by atoms with Crippen LogP contribution < -0.4 is 5.32 Å². The Balaban J connectivity index is 2.26. The highest BCUT2D eigenvalue weighted by Crippen LogP contribution is 2.02. The first-order chi connectivity index (χ1) is 6.22. The zero-order valence-electron chi connectivity index (χ0n) is 8.63. The Morgan fingerprint density at radius 1 is 1.62 bits per heavy atom. The van der Waals surface area contributed by atoms with Crippen LogP contribution in [0.1, 0.15) is 38.1 Å². The maximum Gasteiger partial charge on any atom is 0.133 e. The second kappa shape index (κ2) is 5.02. The van der Waals surface area contributed by atoms with E-state index >= 15 is 0 Å². The molecule has 0 aromatic carbocycles. The van der Waals surface area contributed by atoms with Crippen LogP contribution in [0.4, 0.5) is 0 Å². The van der Waals surface area contributed by atoms with E-state index in [9.17, 15) is 0 Å². The maximum absolute atomic E-state index is 4.97. The van der Waals surface area contributed by atoms with Gasteiger partial charge in [-0.1, -0.05) is 18.5 Å². The van der Waals surface area contributed by atoms with Gasteiger partial charge in [0.25, 0.3) is 0 Å². The van der Waals surface area contributed by atoms with Crippen molar-refractivity contribution in [3.63, 3.8) is 0 Å². The van der Waals surface area contributed by atoms with Crippen LogP contribution in [-0.2, 0) is 6.54 Å². The molecule has 0 fully saturated rings. The van der Waals surface area contributed by atoms with E-state index < -0.39 is 0 Å². The maximum atomic E-state index is 4.97. The Bertz CT molecular complexity index is 245. The van der Waals surface area contributed by atoms with Crippen molar-refractivity contribution in [1.82, 2.24) is 10.5 Å². The largest absolute Gasteiger partial charge is 0.361 e. The SMILES string of the molecule is CCCC(C)NCc1cc(C)on1. The molecule has 3 heteroatoms. The number of rotatable bonds is 5. The summed E-state index contributed by atoms with van der Waals surface area (Å²) < 4.78 is 4.97. The molecule has 0 aliphatic rings. The molecule has 1 unspecified atom stereocenters. The summed E-state index contributed by atoms with van der Waals surface area (Å²) in [4.78, 5) is 0. The van der Waals surface area contributed by atoms with Gasteiger partial charge in [0.2, 0.25) is 0 Å². The van der Waals surface area contributed by atoms with Crippen LogP contribution in [0, 0.1) is 6.92 Å². The first-order valence-electron chi connectivity index (χ1n) is 4.88. The Morgan fingerprint density at radius 3 is 2.92 bits per heavy atom. The zero-order valence-corrected chi connectivity index (χ0v) is 8.63. The summed E-state index contributed by atoms with van der Waals surface area (Å²) in [5, 5.41) is 7.30. The normalized spacial score (nSPS) is 13.2. The first-order valence-corrected chi connectivity index (χ1v) is 4.88. The van der Waals surface area contributed by atoms with Crippen molar-refractivity contribution in [2.24, 2.45) is 0 Å². The number of hydrogen-bond donors (Lipinski definition) is 1. The van der Waals surface area contributed by atoms with Crippen LogP contribution in [0.2, 0.25) is 0 Å². The van der Waals surface area contributed by atoms with E-state index in [-0.39, 0.29) is 0 Å². The van der Waals surface area contributed by atoms with Gasteiger partial charge < -0.3 is 9.84 Å². The fraction of sp³-hybridized carbons (Fsp3) is 0.700. The molecule has 0 aliphatic carbocycles. The van der Waals surface area contributed by atoms with Gasteiger partial charge in [0, 0.05) is 18.7 Å². The Hall–Kier alpha value is -0.830. The smallest absolute Gasteiger partial charge is 0.133 e. The lowest BCUT2D eigenvalue weighted by atomic mass is 10.2. The van der Waals surface area contributed by atoms with E-state index in [1.807, 2.05) is 13.0 Å². The molecule has 1 heterocycles. The third-order valence-corrected chi connectivity index (χ3v) is 2.03. The second-order valence-corrected chi connectivity index (χ2v) is 3.50. The summed E-state index contributed by atoms with van der Waals surface area (Å²) in [6.07, 6.45) is 2.42. The molecule has 0 amide bonds. The molecule has 3 nitrogen and oxygen atoms in total. The molecule has 0 spiro atoms. The molecule has 1 aromatic heterocycles. The highest BCUT2D eigenvalue weighted by atomic mass is 16.5. The quantitative estimate of drug-likeness (QED) is 0.759. The summed E-state index contributed by atoms with van der Waals surface area (Å²) in [7, 11) is 0. The third-order valence-electron chi connectivity index (χ3n) is 2.03. The van der Waals surface area contributed by atoms with Gasteiger partial charge in [-0.25, -0.2) is 0 Å². The van der Waals surface area contributed by atoms with Crippen LogP contribution in [-0.4, -0.2) is 11.2 Å². The molecule has 1 N–H and O–H groups in total. The van der Waals surface area contributed by atoms with Crippen LogP contribution >= 0.6 is 0 Å². The highest BCUT2D eigenvalue weighted by Gasteiger charge is 2.02. The van der Waals surface area contributed by atoms with E-state index in [1.165, 1.54) is 12.8 Å². The lowest BCUT2D eigenvalue weighted by molar-refractivity contribution is 0.385. The van der Waals surface area contributed by atoms with Gasteiger partial charge in [-0.05, 0) is 20.3 Å². The lowest BCUT2D eigenvalue weighted by Gasteiger charge is -2.10. The van der Waals surface area contributed by atoms with E-state index in [1.54, 1.807) is 0 Å². The van der Waals surface area contributed by atoms with Crippen molar-refractivity contribution in [3.8, 4) is 0 Å². The Labute approximate surface area is 79.5 Å². The number of nitrogens with zero attached hydrogens (tertiary/aromatic N) is 1. The van der Waals surface area contributed by atoms with E-state index in [0.717, 1.165) is 18.0 Å². The van der Waals surface area contributed by atoms with Crippen LogP contribution in [0.15, 0.2) is 10.6 Å². The fourth-order valence-corrected chi connectivity index (χ4v) is 1.32. The Morgan fingerprint density at radius 2 is 2.38 bits per heavy atom. The van der Waals surface area contributed by atoms with Gasteiger partial charge in [0.15, 0.2) is 0 Å². The van der Waals surface area contributed by atoms with Crippen molar-refractivity contribution in [1.29, 1.82) is 0 Å². The summed E-state index contributed by atoms with van der Waals surface area (Å²) in [6, 6.07) is 2.52. The topological polar surface area (TPSA) is 38.1 Å². The summed E-state index contributed by atoms with van der Waals surface area (Å²) in [5.41, 5.74) is 0.987. The molecule has 0 bridgehead atoms. The molecule has 0 aliphatic heterocycles. The summed E-state index contributed by atoms with van der Waals surface area (Å²) in [5.74, 6) is 0.875. The first kappa shape index (κ1) is 10.3. The molecule has 1 aromatic rings. The lowest BCUT2D eigenvalue weighted by Crippen LogP contribution is -2.25. The highest BCUT2D eigenvalue weighted by molar-refractivity contribution is 5.02. The molecule has 13 heavy (non-hydrogen) atoms. The molecule has 0 saturated heterocycles. The average Bonchev–Trinajstić information content (AvgIpc) is 2.49. The zero-order chi connectivity index (χ0) is 9.68. The van der Waals surface area contributed by atoms with Gasteiger partial charge in [-0.2, -0.15) is 0 Å². The van der Waals surface area contributed by atoms with Gasteiger partial charge >= 0.3 is 0 Å². The predicted octanol–water partition coefficient (Wildman–Crippen LogP) is 2.26. The van der Waals surface area contributed by atoms with Crippen LogP contribution in [0.5, 0.6) is 0 Å². The van der Waals surface area contributed by atoms with Crippen molar-refractivity contribution in [2.75, 3.05) is 0 Å². The van der Waals surface area contributed by atoms with Crippen molar-refractivity contribution >= 4 is 0 Å². The van der Waals surface area contributed by atoms with E-state index in [2.05, 4.69) is 24.3 Å². The Kier molecular flexibility index (Phi) is 3.96. The molecule has 1 rings (SSSR count). The number of nitrogens with one attached hydrogen (secondary N) is 1. The van der Waals surface area contributed by atoms with Crippen molar-refractivity contribution in [2.45, 2.75) is 46.2 Å². The standard InChI is InChI=1S/C10H18N2O/c1-4-5-8(2)11-7-10-6-9(3)13-12-10/h6,8,11H,4-5,7H2,1-3H3. The van der Waals surface area contributed by atoms with E-state index in [4.69, 9.17) is 4.52 Å². The number of hydrogen-bond acceptors (Lipinski definition) is 3. The molecule has 0 saturated carbocycles. The number of aromatic nitrogens is 1. The molecule has 0 radical (unpaired) electrons. The monoisotopic (exact) mass is 182 g/mol. The van der Waals surface area contributed by atoms with Gasteiger partial charge in [-0.15, -0.1) is 0 Å².